The Labute approximate surface area is 70.0 Å². The summed E-state index contributed by atoms with van der Waals surface area (Å²) in [5.74, 6) is -0.110. The minimum Gasteiger partial charge on any atom is -0.366 e. The summed E-state index contributed by atoms with van der Waals surface area (Å²) in [6.45, 7) is 0.621. The van der Waals surface area contributed by atoms with Gasteiger partial charge in [0.1, 0.15) is 0 Å². The van der Waals surface area contributed by atoms with E-state index >= 15 is 0 Å². The maximum Gasteiger partial charge on any atom is 0.250 e. The quantitative estimate of drug-likeness (QED) is 0.568. The number of carbonyl (C=O) groups is 1. The normalized spacial score (nSPS) is 26.8. The number of hydrogen-bond donors (Lipinski definition) is 2. The molecule has 4 nitrogen and oxygen atoms in total. The van der Waals surface area contributed by atoms with E-state index in [0.717, 1.165) is 12.1 Å². The lowest BCUT2D eigenvalue weighted by molar-refractivity contribution is -0.114. The summed E-state index contributed by atoms with van der Waals surface area (Å²) in [6.07, 6.45) is 4.61. The molecule has 0 radical (unpaired) electrons. The maximum absolute atomic E-state index is 10.9. The Hall–Kier alpha value is -1.29. The van der Waals surface area contributed by atoms with E-state index in [4.69, 9.17) is 10.6 Å². The summed E-state index contributed by atoms with van der Waals surface area (Å²) < 4.78 is 0. The number of nitrogens with one attached hydrogen (secondary N) is 1. The van der Waals surface area contributed by atoms with E-state index in [1.165, 1.54) is 0 Å². The van der Waals surface area contributed by atoms with Crippen LogP contribution >= 0.6 is 0 Å². The average molecular weight is 166 g/mol. The number of allylic oxidation sites excluding steroid dienone is 1. The van der Waals surface area contributed by atoms with Crippen LogP contribution in [-0.4, -0.2) is 12.5 Å². The first-order valence-electron chi connectivity index (χ1n) is 3.87. The molecule has 0 aromatic rings. The molecule has 64 valence electrons. The SMILES string of the molecule is NC(=O)C1=C2NOCC2CC=C1. The van der Waals surface area contributed by atoms with Crippen molar-refractivity contribution in [2.45, 2.75) is 6.42 Å². The minimum absolute atomic E-state index is 0.289. The molecule has 1 aliphatic carbocycles. The third-order valence-electron chi connectivity index (χ3n) is 2.14. The predicted octanol–water partition coefficient (Wildman–Crippen LogP) is -0.163. The molecular formula is C8H10N2O2. The summed E-state index contributed by atoms with van der Waals surface area (Å²) in [4.78, 5) is 15.9. The Balaban J connectivity index is 2.38. The third-order valence-corrected chi connectivity index (χ3v) is 2.14. The number of hydroxylamine groups is 1. The number of rotatable bonds is 1. The summed E-state index contributed by atoms with van der Waals surface area (Å²) in [7, 11) is 0. The molecule has 4 heteroatoms. The van der Waals surface area contributed by atoms with E-state index < -0.39 is 5.91 Å². The Morgan fingerprint density at radius 3 is 3.33 bits per heavy atom. The van der Waals surface area contributed by atoms with E-state index in [9.17, 15) is 4.79 Å². The van der Waals surface area contributed by atoms with Crippen LogP contribution in [0.25, 0.3) is 0 Å². The van der Waals surface area contributed by atoms with Crippen molar-refractivity contribution in [3.63, 3.8) is 0 Å². The Morgan fingerprint density at radius 2 is 2.58 bits per heavy atom. The molecule has 0 spiro atoms. The molecular weight excluding hydrogens is 156 g/mol. The smallest absolute Gasteiger partial charge is 0.250 e. The largest absolute Gasteiger partial charge is 0.366 e. The summed E-state index contributed by atoms with van der Waals surface area (Å²) in [5, 5.41) is 0. The van der Waals surface area contributed by atoms with Crippen molar-refractivity contribution < 1.29 is 9.63 Å². The molecule has 1 saturated heterocycles. The van der Waals surface area contributed by atoms with Crippen LogP contribution in [0.15, 0.2) is 23.4 Å². The standard InChI is InChI=1S/C8H10N2O2/c9-8(11)6-3-1-2-5-4-12-10-7(5)6/h1,3,5,10H,2,4H2,(H2,9,11). The van der Waals surface area contributed by atoms with E-state index in [0.29, 0.717) is 12.2 Å². The molecule has 0 bridgehead atoms. The third kappa shape index (κ3) is 1.00. The summed E-state index contributed by atoms with van der Waals surface area (Å²) >= 11 is 0. The lowest BCUT2D eigenvalue weighted by Gasteiger charge is -2.13. The molecule has 0 aromatic heterocycles. The molecule has 12 heavy (non-hydrogen) atoms. The fraction of sp³-hybridized carbons (Fsp3) is 0.375. The van der Waals surface area contributed by atoms with Gasteiger partial charge < -0.3 is 5.73 Å². The highest BCUT2D eigenvalue weighted by molar-refractivity contribution is 5.95. The maximum atomic E-state index is 10.9. The predicted molar refractivity (Wildman–Crippen MR) is 42.6 cm³/mol. The van der Waals surface area contributed by atoms with Crippen LogP contribution in [0.2, 0.25) is 0 Å². The van der Waals surface area contributed by atoms with Gasteiger partial charge in [-0.3, -0.25) is 15.1 Å². The van der Waals surface area contributed by atoms with Crippen LogP contribution < -0.4 is 11.2 Å². The van der Waals surface area contributed by atoms with Crippen molar-refractivity contribution in [3.05, 3.63) is 23.4 Å². The number of fused-ring (bicyclic) bond motifs is 1. The molecule has 1 aliphatic heterocycles. The average Bonchev–Trinajstić information content (AvgIpc) is 2.49. The van der Waals surface area contributed by atoms with Gasteiger partial charge in [0.25, 0.3) is 5.91 Å². The van der Waals surface area contributed by atoms with Gasteiger partial charge in [-0.15, -0.1) is 0 Å². The van der Waals surface area contributed by atoms with Crippen LogP contribution in [0.5, 0.6) is 0 Å². The highest BCUT2D eigenvalue weighted by atomic mass is 16.7. The number of nitrogens with two attached hydrogens (primary N) is 1. The lowest BCUT2D eigenvalue weighted by Crippen LogP contribution is -2.21. The van der Waals surface area contributed by atoms with Crippen molar-refractivity contribution in [1.29, 1.82) is 0 Å². The Kier molecular flexibility index (Phi) is 1.62. The molecule has 1 unspecified atom stereocenters. The summed E-state index contributed by atoms with van der Waals surface area (Å²) in [6, 6.07) is 0. The number of primary amides is 1. The van der Waals surface area contributed by atoms with Crippen molar-refractivity contribution in [3.8, 4) is 0 Å². The first kappa shape index (κ1) is 7.36. The van der Waals surface area contributed by atoms with E-state index in [-0.39, 0.29) is 5.92 Å². The molecule has 1 heterocycles. The molecule has 3 N–H and O–H groups in total. The van der Waals surface area contributed by atoms with Gasteiger partial charge in [0.15, 0.2) is 0 Å². The molecule has 1 atom stereocenters. The molecule has 1 fully saturated rings. The first-order valence-corrected chi connectivity index (χ1v) is 3.87. The van der Waals surface area contributed by atoms with Crippen molar-refractivity contribution >= 4 is 5.91 Å². The van der Waals surface area contributed by atoms with Gasteiger partial charge >= 0.3 is 0 Å². The van der Waals surface area contributed by atoms with Crippen LogP contribution in [0.3, 0.4) is 0 Å². The van der Waals surface area contributed by atoms with Gasteiger partial charge in [-0.1, -0.05) is 12.2 Å². The molecule has 0 aromatic carbocycles. The number of carbonyl (C=O) groups excluding carboxylic acids is 1. The van der Waals surface area contributed by atoms with Gasteiger partial charge in [0.05, 0.1) is 17.9 Å². The van der Waals surface area contributed by atoms with Gasteiger partial charge in [0.2, 0.25) is 0 Å². The summed E-state index contributed by atoms with van der Waals surface area (Å²) in [5.41, 5.74) is 9.28. The minimum atomic E-state index is -0.399. The van der Waals surface area contributed by atoms with E-state index in [1.807, 2.05) is 6.08 Å². The van der Waals surface area contributed by atoms with Gasteiger partial charge in [-0.05, 0) is 6.42 Å². The molecule has 0 saturated carbocycles. The topological polar surface area (TPSA) is 64.4 Å². The van der Waals surface area contributed by atoms with E-state index in [1.54, 1.807) is 6.08 Å². The zero-order valence-corrected chi connectivity index (χ0v) is 6.54. The van der Waals surface area contributed by atoms with Crippen LogP contribution in [0.1, 0.15) is 6.42 Å². The highest BCUT2D eigenvalue weighted by Gasteiger charge is 2.27. The van der Waals surface area contributed by atoms with Crippen LogP contribution in [-0.2, 0) is 9.63 Å². The Morgan fingerprint density at radius 1 is 1.75 bits per heavy atom. The number of hydrogen-bond acceptors (Lipinski definition) is 3. The molecule has 2 rings (SSSR count). The van der Waals surface area contributed by atoms with E-state index in [2.05, 4.69) is 5.48 Å². The lowest BCUT2D eigenvalue weighted by atomic mass is 9.93. The van der Waals surface area contributed by atoms with Crippen molar-refractivity contribution in [1.82, 2.24) is 5.48 Å². The van der Waals surface area contributed by atoms with Crippen molar-refractivity contribution in [2.75, 3.05) is 6.61 Å². The Bertz CT molecular complexity index is 281. The van der Waals surface area contributed by atoms with Crippen LogP contribution in [0, 0.1) is 5.92 Å². The fourth-order valence-electron chi connectivity index (χ4n) is 1.50. The zero-order chi connectivity index (χ0) is 8.55. The zero-order valence-electron chi connectivity index (χ0n) is 6.54. The van der Waals surface area contributed by atoms with Crippen molar-refractivity contribution in [2.24, 2.45) is 11.7 Å². The highest BCUT2D eigenvalue weighted by Crippen LogP contribution is 2.27. The molecule has 2 aliphatic rings. The molecule has 1 amide bonds. The first-order chi connectivity index (χ1) is 5.79. The number of amides is 1. The van der Waals surface area contributed by atoms with Gasteiger partial charge in [-0.2, -0.15) is 0 Å². The van der Waals surface area contributed by atoms with Gasteiger partial charge in [-0.25, -0.2) is 0 Å². The fourth-order valence-corrected chi connectivity index (χ4v) is 1.50. The monoisotopic (exact) mass is 166 g/mol. The van der Waals surface area contributed by atoms with Gasteiger partial charge in [0, 0.05) is 5.92 Å². The second-order valence-electron chi connectivity index (χ2n) is 2.94. The second-order valence-corrected chi connectivity index (χ2v) is 2.94. The van der Waals surface area contributed by atoms with Crippen LogP contribution in [0.4, 0.5) is 0 Å². The second kappa shape index (κ2) is 2.64.